The van der Waals surface area contributed by atoms with Crippen molar-refractivity contribution in [2.75, 3.05) is 6.54 Å². The van der Waals surface area contributed by atoms with E-state index in [1.807, 2.05) is 12.4 Å². The molecule has 0 aliphatic carbocycles. The number of nitrogens with one attached hydrogen (secondary N) is 1. The molecule has 1 N–H and O–H groups in total. The fraction of sp³-hybridized carbons (Fsp3) is 0.417. The van der Waals surface area contributed by atoms with Crippen LogP contribution in [-0.2, 0) is 6.54 Å². The molecule has 98 valence electrons. The SMILES string of the molecule is CCNC(c1cc(Br)c(Br)s1)c1nccn1CC. The molecule has 0 saturated heterocycles. The van der Waals surface area contributed by atoms with Gasteiger partial charge in [0.15, 0.2) is 0 Å². The average Bonchev–Trinajstić information content (AvgIpc) is 2.94. The Morgan fingerprint density at radius 1 is 1.44 bits per heavy atom. The highest BCUT2D eigenvalue weighted by Crippen LogP contribution is 2.37. The van der Waals surface area contributed by atoms with Gasteiger partial charge in [-0.1, -0.05) is 6.92 Å². The number of thiophene rings is 1. The molecular formula is C12H15Br2N3S. The summed E-state index contributed by atoms with van der Waals surface area (Å²) >= 11 is 8.83. The van der Waals surface area contributed by atoms with Crippen LogP contribution in [-0.4, -0.2) is 16.1 Å². The number of aromatic nitrogens is 2. The predicted octanol–water partition coefficient (Wildman–Crippen LogP) is 4.19. The molecule has 1 unspecified atom stereocenters. The Labute approximate surface area is 128 Å². The molecule has 2 heterocycles. The van der Waals surface area contributed by atoms with E-state index in [-0.39, 0.29) is 6.04 Å². The van der Waals surface area contributed by atoms with Gasteiger partial charge in [0.1, 0.15) is 11.9 Å². The standard InChI is InChI=1S/C12H15Br2N3S/c1-3-15-10(9-7-8(13)11(14)18-9)12-16-5-6-17(12)4-2/h5-7,10,15H,3-4H2,1-2H3. The summed E-state index contributed by atoms with van der Waals surface area (Å²) in [4.78, 5) is 5.76. The van der Waals surface area contributed by atoms with Crippen LogP contribution < -0.4 is 5.32 Å². The minimum atomic E-state index is 0.151. The Balaban J connectivity index is 2.39. The molecule has 18 heavy (non-hydrogen) atoms. The first-order valence-electron chi connectivity index (χ1n) is 5.86. The smallest absolute Gasteiger partial charge is 0.131 e. The Morgan fingerprint density at radius 3 is 2.78 bits per heavy atom. The van der Waals surface area contributed by atoms with E-state index in [0.717, 1.165) is 27.2 Å². The zero-order valence-electron chi connectivity index (χ0n) is 10.3. The van der Waals surface area contributed by atoms with Gasteiger partial charge in [-0.2, -0.15) is 0 Å². The normalized spacial score (nSPS) is 12.9. The van der Waals surface area contributed by atoms with Gasteiger partial charge in [-0.15, -0.1) is 11.3 Å². The first kappa shape index (κ1) is 14.2. The second-order valence-electron chi connectivity index (χ2n) is 3.83. The van der Waals surface area contributed by atoms with E-state index in [0.29, 0.717) is 0 Å². The summed E-state index contributed by atoms with van der Waals surface area (Å²) in [5.41, 5.74) is 0. The molecular weight excluding hydrogens is 378 g/mol. The molecule has 2 aromatic heterocycles. The Hall–Kier alpha value is -0.170. The van der Waals surface area contributed by atoms with Crippen LogP contribution >= 0.6 is 43.2 Å². The van der Waals surface area contributed by atoms with Crippen molar-refractivity contribution in [2.24, 2.45) is 0 Å². The van der Waals surface area contributed by atoms with Crippen LogP contribution in [0, 0.1) is 0 Å². The van der Waals surface area contributed by atoms with Crippen LogP contribution in [0.2, 0.25) is 0 Å². The predicted molar refractivity (Wildman–Crippen MR) is 83.1 cm³/mol. The van der Waals surface area contributed by atoms with Crippen molar-refractivity contribution in [1.29, 1.82) is 0 Å². The van der Waals surface area contributed by atoms with Gasteiger partial charge in [0.2, 0.25) is 0 Å². The van der Waals surface area contributed by atoms with Gasteiger partial charge >= 0.3 is 0 Å². The third-order valence-electron chi connectivity index (χ3n) is 2.70. The summed E-state index contributed by atoms with van der Waals surface area (Å²) in [6, 6.07) is 2.30. The minimum absolute atomic E-state index is 0.151. The molecule has 0 aliphatic rings. The number of hydrogen-bond donors (Lipinski definition) is 1. The van der Waals surface area contributed by atoms with Crippen LogP contribution in [0.15, 0.2) is 26.7 Å². The summed E-state index contributed by atoms with van der Waals surface area (Å²) in [5, 5.41) is 3.50. The van der Waals surface area contributed by atoms with E-state index in [2.05, 4.69) is 66.6 Å². The Bertz CT molecular complexity index is 502. The van der Waals surface area contributed by atoms with Crippen LogP contribution in [0.4, 0.5) is 0 Å². The molecule has 0 amide bonds. The van der Waals surface area contributed by atoms with E-state index in [1.54, 1.807) is 11.3 Å². The molecule has 0 spiro atoms. The highest BCUT2D eigenvalue weighted by molar-refractivity contribution is 9.13. The number of halogens is 2. The van der Waals surface area contributed by atoms with E-state index < -0.39 is 0 Å². The zero-order chi connectivity index (χ0) is 13.1. The lowest BCUT2D eigenvalue weighted by molar-refractivity contribution is 0.565. The van der Waals surface area contributed by atoms with Gasteiger partial charge in [-0.25, -0.2) is 4.98 Å². The van der Waals surface area contributed by atoms with E-state index in [4.69, 9.17) is 0 Å². The Kier molecular flexibility index (Phi) is 5.00. The molecule has 0 bridgehead atoms. The van der Waals surface area contributed by atoms with Crippen LogP contribution in [0.3, 0.4) is 0 Å². The minimum Gasteiger partial charge on any atom is -0.334 e. The lowest BCUT2D eigenvalue weighted by Gasteiger charge is -2.17. The molecule has 0 radical (unpaired) electrons. The summed E-state index contributed by atoms with van der Waals surface area (Å²) in [6.07, 6.45) is 3.89. The van der Waals surface area contributed by atoms with Crippen molar-refractivity contribution in [3.05, 3.63) is 37.4 Å². The second-order valence-corrected chi connectivity index (χ2v) is 7.09. The van der Waals surface area contributed by atoms with Crippen molar-refractivity contribution < 1.29 is 0 Å². The molecule has 2 rings (SSSR count). The van der Waals surface area contributed by atoms with Gasteiger partial charge < -0.3 is 9.88 Å². The summed E-state index contributed by atoms with van der Waals surface area (Å²) < 4.78 is 4.39. The molecule has 1 atom stereocenters. The van der Waals surface area contributed by atoms with Crippen molar-refractivity contribution in [1.82, 2.24) is 14.9 Å². The number of hydrogen-bond acceptors (Lipinski definition) is 3. The lowest BCUT2D eigenvalue weighted by Crippen LogP contribution is -2.24. The first-order chi connectivity index (χ1) is 8.67. The number of nitrogens with zero attached hydrogens (tertiary/aromatic N) is 2. The highest BCUT2D eigenvalue weighted by Gasteiger charge is 2.20. The van der Waals surface area contributed by atoms with Crippen molar-refractivity contribution >= 4 is 43.2 Å². The van der Waals surface area contributed by atoms with E-state index in [1.165, 1.54) is 4.88 Å². The quantitative estimate of drug-likeness (QED) is 0.826. The molecule has 0 aromatic carbocycles. The molecule has 6 heteroatoms. The third-order valence-corrected chi connectivity index (χ3v) is 6.02. The maximum atomic E-state index is 4.50. The largest absolute Gasteiger partial charge is 0.334 e. The van der Waals surface area contributed by atoms with Gasteiger partial charge in [0.05, 0.1) is 3.79 Å². The third kappa shape index (κ3) is 2.87. The lowest BCUT2D eigenvalue weighted by atomic mass is 10.2. The monoisotopic (exact) mass is 391 g/mol. The topological polar surface area (TPSA) is 29.9 Å². The molecule has 0 aliphatic heterocycles. The van der Waals surface area contributed by atoms with Gasteiger partial charge in [0.25, 0.3) is 0 Å². The summed E-state index contributed by atoms with van der Waals surface area (Å²) in [7, 11) is 0. The number of imidazole rings is 1. The van der Waals surface area contributed by atoms with Crippen LogP contribution in [0.25, 0.3) is 0 Å². The fourth-order valence-corrected chi connectivity index (χ4v) is 4.04. The summed E-state index contributed by atoms with van der Waals surface area (Å²) in [6.45, 7) is 6.09. The number of rotatable bonds is 5. The number of aryl methyl sites for hydroxylation is 1. The van der Waals surface area contributed by atoms with Crippen LogP contribution in [0.5, 0.6) is 0 Å². The maximum Gasteiger partial charge on any atom is 0.131 e. The fourth-order valence-electron chi connectivity index (χ4n) is 1.88. The first-order valence-corrected chi connectivity index (χ1v) is 8.26. The second kappa shape index (κ2) is 6.32. The van der Waals surface area contributed by atoms with Gasteiger partial charge in [-0.05, 0) is 51.4 Å². The van der Waals surface area contributed by atoms with Crippen molar-refractivity contribution in [3.63, 3.8) is 0 Å². The Morgan fingerprint density at radius 2 is 2.22 bits per heavy atom. The molecule has 0 saturated carbocycles. The molecule has 3 nitrogen and oxygen atoms in total. The van der Waals surface area contributed by atoms with E-state index >= 15 is 0 Å². The maximum absolute atomic E-state index is 4.50. The van der Waals surface area contributed by atoms with Crippen molar-refractivity contribution in [3.8, 4) is 0 Å². The molecule has 0 fully saturated rings. The zero-order valence-corrected chi connectivity index (χ0v) is 14.3. The average molecular weight is 393 g/mol. The van der Waals surface area contributed by atoms with E-state index in [9.17, 15) is 0 Å². The highest BCUT2D eigenvalue weighted by atomic mass is 79.9. The van der Waals surface area contributed by atoms with Crippen molar-refractivity contribution in [2.45, 2.75) is 26.4 Å². The van der Waals surface area contributed by atoms with Gasteiger partial charge in [0, 0.05) is 28.3 Å². The van der Waals surface area contributed by atoms with Gasteiger partial charge in [-0.3, -0.25) is 0 Å². The summed E-state index contributed by atoms with van der Waals surface area (Å²) in [5.74, 6) is 1.07. The molecule has 2 aromatic rings. The van der Waals surface area contributed by atoms with Crippen LogP contribution in [0.1, 0.15) is 30.6 Å².